The van der Waals surface area contributed by atoms with Crippen LogP contribution in [0.4, 0.5) is 0 Å². The quantitative estimate of drug-likeness (QED) is 0.342. The van der Waals surface area contributed by atoms with Crippen molar-refractivity contribution in [3.63, 3.8) is 0 Å². The van der Waals surface area contributed by atoms with E-state index in [0.717, 1.165) is 28.7 Å². The smallest absolute Gasteiger partial charge is 0.112 e. The van der Waals surface area contributed by atoms with Gasteiger partial charge in [-0.05, 0) is 65.5 Å². The summed E-state index contributed by atoms with van der Waals surface area (Å²) in [7, 11) is 0. The second-order valence-corrected chi connectivity index (χ2v) is 11.0. The van der Waals surface area contributed by atoms with E-state index in [4.69, 9.17) is 9.47 Å². The Kier molecular flexibility index (Phi) is 7.73. The van der Waals surface area contributed by atoms with Crippen molar-refractivity contribution in [2.75, 3.05) is 13.2 Å². The third-order valence-electron chi connectivity index (χ3n) is 8.36. The maximum Gasteiger partial charge on any atom is 0.112 e. The molecule has 8 nitrogen and oxygen atoms in total. The van der Waals surface area contributed by atoms with Crippen molar-refractivity contribution in [3.8, 4) is 0 Å². The van der Waals surface area contributed by atoms with Gasteiger partial charge in [0.25, 0.3) is 0 Å². The Bertz CT molecular complexity index is 1110. The van der Waals surface area contributed by atoms with Crippen LogP contribution in [0.5, 0.6) is 0 Å². The monoisotopic (exact) mass is 514 g/mol. The molecule has 10 atom stereocenters. The van der Waals surface area contributed by atoms with Crippen molar-refractivity contribution in [2.24, 2.45) is 0 Å². The van der Waals surface area contributed by atoms with Crippen LogP contribution in [0.15, 0.2) is 36.4 Å². The van der Waals surface area contributed by atoms with Crippen LogP contribution in [-0.2, 0) is 9.47 Å². The van der Waals surface area contributed by atoms with Crippen molar-refractivity contribution in [1.82, 2.24) is 0 Å². The molecule has 0 amide bonds. The summed E-state index contributed by atoms with van der Waals surface area (Å²) in [5.41, 5.74) is 6.11. The number of aliphatic hydroxyl groups excluding tert-OH is 6. The summed E-state index contributed by atoms with van der Waals surface area (Å²) in [5, 5.41) is 60.2. The highest BCUT2D eigenvalue weighted by Gasteiger charge is 2.42. The van der Waals surface area contributed by atoms with E-state index in [0.29, 0.717) is 11.8 Å². The highest BCUT2D eigenvalue weighted by atomic mass is 16.5. The lowest BCUT2D eigenvalue weighted by Crippen LogP contribution is -2.44. The number of aryl methyl sites for hydroxylation is 2. The second kappa shape index (κ2) is 10.7. The molecule has 2 heterocycles. The summed E-state index contributed by atoms with van der Waals surface area (Å²) in [6.07, 6.45) is -4.75. The van der Waals surface area contributed by atoms with Gasteiger partial charge < -0.3 is 40.1 Å². The number of hydrogen-bond donors (Lipinski definition) is 6. The molecule has 3 fully saturated rings. The van der Waals surface area contributed by atoms with Crippen molar-refractivity contribution < 1.29 is 40.1 Å². The summed E-state index contributed by atoms with van der Waals surface area (Å²) in [6.45, 7) is 3.48. The normalized spacial score (nSPS) is 37.9. The summed E-state index contributed by atoms with van der Waals surface area (Å²) >= 11 is 0. The number of rotatable bonds is 6. The first-order chi connectivity index (χ1) is 17.7. The van der Waals surface area contributed by atoms with Crippen LogP contribution in [0.3, 0.4) is 0 Å². The molecule has 8 heteroatoms. The molecule has 3 aliphatic rings. The van der Waals surface area contributed by atoms with E-state index < -0.39 is 48.8 Å². The van der Waals surface area contributed by atoms with E-state index in [1.165, 1.54) is 11.1 Å². The molecule has 2 aromatic carbocycles. The number of ether oxygens (including phenoxy) is 2. The highest BCUT2D eigenvalue weighted by molar-refractivity contribution is 5.44. The summed E-state index contributed by atoms with van der Waals surface area (Å²) in [4.78, 5) is 0. The van der Waals surface area contributed by atoms with Crippen LogP contribution in [0.25, 0.3) is 0 Å². The van der Waals surface area contributed by atoms with Crippen molar-refractivity contribution in [2.45, 2.75) is 93.8 Å². The van der Waals surface area contributed by atoms with Gasteiger partial charge in [0, 0.05) is 12.8 Å². The van der Waals surface area contributed by atoms with Gasteiger partial charge in [0.05, 0.1) is 37.6 Å². The van der Waals surface area contributed by atoms with Crippen LogP contribution in [0.1, 0.15) is 76.7 Å². The molecule has 1 saturated carbocycles. The molecule has 202 valence electrons. The van der Waals surface area contributed by atoms with E-state index in [1.807, 2.05) is 26.0 Å². The zero-order chi connectivity index (χ0) is 26.4. The lowest BCUT2D eigenvalue weighted by molar-refractivity contribution is -0.182. The minimum absolute atomic E-state index is 0.166. The number of benzene rings is 2. The minimum atomic E-state index is -1.04. The highest BCUT2D eigenvalue weighted by Crippen LogP contribution is 2.55. The molecule has 0 spiro atoms. The van der Waals surface area contributed by atoms with Gasteiger partial charge in [-0.15, -0.1) is 0 Å². The van der Waals surface area contributed by atoms with Crippen LogP contribution >= 0.6 is 0 Å². The van der Waals surface area contributed by atoms with Gasteiger partial charge in [-0.2, -0.15) is 0 Å². The average molecular weight is 515 g/mol. The molecule has 0 bridgehead atoms. The van der Waals surface area contributed by atoms with Gasteiger partial charge >= 0.3 is 0 Å². The first kappa shape index (κ1) is 26.7. The molecule has 2 saturated heterocycles. The Morgan fingerprint density at radius 3 is 1.81 bits per heavy atom. The van der Waals surface area contributed by atoms with Gasteiger partial charge in [0.2, 0.25) is 0 Å². The molecule has 2 aromatic rings. The second-order valence-electron chi connectivity index (χ2n) is 11.0. The molecular weight excluding hydrogens is 476 g/mol. The van der Waals surface area contributed by atoms with Crippen molar-refractivity contribution in [1.29, 1.82) is 0 Å². The number of hydrogen-bond acceptors (Lipinski definition) is 8. The fourth-order valence-electron chi connectivity index (χ4n) is 6.10. The molecule has 37 heavy (non-hydrogen) atoms. The average Bonchev–Trinajstić information content (AvgIpc) is 3.67. The summed E-state index contributed by atoms with van der Waals surface area (Å²) in [6, 6.07) is 12.3. The Hall–Kier alpha value is -1.88. The van der Waals surface area contributed by atoms with Crippen LogP contribution < -0.4 is 0 Å². The molecule has 2 aliphatic heterocycles. The first-order valence-corrected chi connectivity index (χ1v) is 13.2. The SMILES string of the molecule is Cc1cc(C2CC2c2ccc([C@H]3O[C@H](CO)[C@@H](O)C[C@@H]3O)c(C)c2)ccc1[C@H]1O[C@H](CO)C[C@H](O)[C@@H]1O. The predicted octanol–water partition coefficient (Wildman–Crippen LogP) is 1.66. The van der Waals surface area contributed by atoms with Crippen LogP contribution in [0, 0.1) is 13.8 Å². The van der Waals surface area contributed by atoms with E-state index in [-0.39, 0.29) is 26.1 Å². The maximum atomic E-state index is 10.5. The number of aliphatic hydroxyl groups is 6. The Labute approximate surface area is 217 Å². The molecule has 6 N–H and O–H groups in total. The fraction of sp³-hybridized carbons (Fsp3) is 0.586. The Morgan fingerprint density at radius 1 is 0.676 bits per heavy atom. The van der Waals surface area contributed by atoms with Gasteiger partial charge in [0.1, 0.15) is 24.4 Å². The van der Waals surface area contributed by atoms with Gasteiger partial charge in [0.15, 0.2) is 0 Å². The Morgan fingerprint density at radius 2 is 1.27 bits per heavy atom. The summed E-state index contributed by atoms with van der Waals surface area (Å²) < 4.78 is 11.7. The summed E-state index contributed by atoms with van der Waals surface area (Å²) in [5.74, 6) is 0.746. The predicted molar refractivity (Wildman–Crippen MR) is 135 cm³/mol. The van der Waals surface area contributed by atoms with Gasteiger partial charge in [-0.1, -0.05) is 36.4 Å². The lowest BCUT2D eigenvalue weighted by Gasteiger charge is -2.37. The van der Waals surface area contributed by atoms with Crippen LogP contribution in [-0.4, -0.2) is 80.5 Å². The van der Waals surface area contributed by atoms with E-state index in [1.54, 1.807) is 0 Å². The van der Waals surface area contributed by atoms with E-state index in [2.05, 4.69) is 24.3 Å². The fourth-order valence-corrected chi connectivity index (χ4v) is 6.10. The molecular formula is C29H38O8. The standard InChI is InChI=1S/C29H38O8/c1-14-7-16(3-5-19(14)28-25(34)11-23(32)26(13-31)37-28)21-10-22(21)17-4-6-20(15(2)8-17)29-27(35)24(33)9-18(12-30)36-29/h3-8,18,21-35H,9-13H2,1-2H3/t18-,21?,22?,23-,24-,25-,26+,27-,28+,29+/m0/s1. The lowest BCUT2D eigenvalue weighted by atomic mass is 9.89. The van der Waals surface area contributed by atoms with E-state index >= 15 is 0 Å². The van der Waals surface area contributed by atoms with Crippen molar-refractivity contribution in [3.05, 3.63) is 69.8 Å². The van der Waals surface area contributed by atoms with Crippen LogP contribution in [0.2, 0.25) is 0 Å². The van der Waals surface area contributed by atoms with Gasteiger partial charge in [-0.3, -0.25) is 0 Å². The molecule has 0 radical (unpaired) electrons. The Balaban J connectivity index is 1.29. The molecule has 2 unspecified atom stereocenters. The molecule has 5 rings (SSSR count). The largest absolute Gasteiger partial charge is 0.394 e. The van der Waals surface area contributed by atoms with Crippen molar-refractivity contribution >= 4 is 0 Å². The zero-order valence-corrected chi connectivity index (χ0v) is 21.3. The molecule has 0 aromatic heterocycles. The minimum Gasteiger partial charge on any atom is -0.394 e. The van der Waals surface area contributed by atoms with Gasteiger partial charge in [-0.25, -0.2) is 0 Å². The topological polar surface area (TPSA) is 140 Å². The molecule has 1 aliphatic carbocycles. The van der Waals surface area contributed by atoms with E-state index in [9.17, 15) is 30.6 Å². The third kappa shape index (κ3) is 5.22. The first-order valence-electron chi connectivity index (χ1n) is 13.2. The zero-order valence-electron chi connectivity index (χ0n) is 21.3. The third-order valence-corrected chi connectivity index (χ3v) is 8.36. The maximum absolute atomic E-state index is 10.5.